The second-order valence-corrected chi connectivity index (χ2v) is 11.3. The second-order valence-electron chi connectivity index (χ2n) is 11.3. The first-order valence-corrected chi connectivity index (χ1v) is 15.1. The van der Waals surface area contributed by atoms with Gasteiger partial charge in [-0.25, -0.2) is 0 Å². The van der Waals surface area contributed by atoms with E-state index in [1.165, 1.54) is 51.4 Å². The zero-order valence-corrected chi connectivity index (χ0v) is 23.0. The van der Waals surface area contributed by atoms with Gasteiger partial charge in [0.15, 0.2) is 0 Å². The third-order valence-electron chi connectivity index (χ3n) is 8.84. The van der Waals surface area contributed by atoms with Crippen molar-refractivity contribution in [1.82, 2.24) is 19.6 Å². The first kappa shape index (κ1) is 28.4. The molecule has 3 saturated heterocycles. The number of nitrogens with zero attached hydrogens (tertiary/aromatic N) is 4. The number of rotatable bonds is 13. The van der Waals surface area contributed by atoms with Crippen LogP contribution in [0.25, 0.3) is 0 Å². The molecule has 35 heavy (non-hydrogen) atoms. The van der Waals surface area contributed by atoms with E-state index in [2.05, 4.69) is 33.4 Å². The predicted molar refractivity (Wildman–Crippen MR) is 144 cm³/mol. The van der Waals surface area contributed by atoms with Gasteiger partial charge in [-0.15, -0.1) is 0 Å². The first-order valence-electron chi connectivity index (χ1n) is 15.1. The summed E-state index contributed by atoms with van der Waals surface area (Å²) in [5.41, 5.74) is 0. The second kappa shape index (κ2) is 15.9. The predicted octanol–water partition coefficient (Wildman–Crippen LogP) is 4.77. The fourth-order valence-electron chi connectivity index (χ4n) is 6.28. The summed E-state index contributed by atoms with van der Waals surface area (Å²) >= 11 is 0. The largest absolute Gasteiger partial charge is 0.343 e. The number of unbranched alkanes of at least 4 members (excludes halogenated alkanes) is 8. The highest BCUT2D eigenvalue weighted by Crippen LogP contribution is 2.26. The number of hydrogen-bond acceptors (Lipinski definition) is 4. The number of likely N-dealkylation sites (tertiary alicyclic amines) is 2. The van der Waals surface area contributed by atoms with Gasteiger partial charge in [-0.05, 0) is 51.7 Å². The Bertz CT molecular complexity index is 604. The van der Waals surface area contributed by atoms with Gasteiger partial charge in [-0.3, -0.25) is 9.59 Å². The molecular weight excluding hydrogens is 436 g/mol. The molecule has 0 atom stereocenters. The standard InChI is InChI=1S/C29H54N4O2/c1-3-5-6-7-8-9-10-11-12-13-28(34)32-20-16-27(17-21-32)31-18-14-26(15-19-31)29(35)33-24-22-30(4-2)23-25-33/h26-27H,3-25H2,1-2H3. The number of carbonyl (C=O) groups is 2. The molecule has 0 aromatic rings. The lowest BCUT2D eigenvalue weighted by molar-refractivity contribution is -0.139. The summed E-state index contributed by atoms with van der Waals surface area (Å²) in [5.74, 6) is 0.994. The lowest BCUT2D eigenvalue weighted by atomic mass is 9.92. The molecule has 0 spiro atoms. The van der Waals surface area contributed by atoms with Crippen molar-refractivity contribution in [2.75, 3.05) is 58.9 Å². The van der Waals surface area contributed by atoms with E-state index in [-0.39, 0.29) is 5.92 Å². The molecule has 0 N–H and O–H groups in total. The van der Waals surface area contributed by atoms with E-state index in [1.807, 2.05) is 0 Å². The molecule has 2 amide bonds. The molecule has 202 valence electrons. The van der Waals surface area contributed by atoms with E-state index in [1.54, 1.807) is 0 Å². The molecule has 0 radical (unpaired) electrons. The highest BCUT2D eigenvalue weighted by molar-refractivity contribution is 5.79. The summed E-state index contributed by atoms with van der Waals surface area (Å²) in [6, 6.07) is 0.593. The molecule has 0 bridgehead atoms. The maximum absolute atomic E-state index is 13.0. The molecule has 3 heterocycles. The highest BCUT2D eigenvalue weighted by Gasteiger charge is 2.33. The van der Waals surface area contributed by atoms with Gasteiger partial charge >= 0.3 is 0 Å². The van der Waals surface area contributed by atoms with Crippen molar-refractivity contribution in [2.45, 2.75) is 110 Å². The number of likely N-dealkylation sites (N-methyl/N-ethyl adjacent to an activating group) is 1. The van der Waals surface area contributed by atoms with Crippen LogP contribution in [0, 0.1) is 5.92 Å². The molecular formula is C29H54N4O2. The van der Waals surface area contributed by atoms with Crippen LogP contribution in [0.2, 0.25) is 0 Å². The lowest BCUT2D eigenvalue weighted by Crippen LogP contribution is -2.53. The third-order valence-corrected chi connectivity index (χ3v) is 8.84. The molecule has 0 aromatic carbocycles. The molecule has 0 saturated carbocycles. The minimum Gasteiger partial charge on any atom is -0.343 e. The van der Waals surface area contributed by atoms with Crippen LogP contribution in [-0.2, 0) is 9.59 Å². The quantitative estimate of drug-likeness (QED) is 0.349. The van der Waals surface area contributed by atoms with E-state index in [0.717, 1.165) is 97.4 Å². The monoisotopic (exact) mass is 490 g/mol. The summed E-state index contributed by atoms with van der Waals surface area (Å²) in [5, 5.41) is 0. The van der Waals surface area contributed by atoms with Crippen molar-refractivity contribution < 1.29 is 9.59 Å². The fourth-order valence-corrected chi connectivity index (χ4v) is 6.28. The van der Waals surface area contributed by atoms with E-state index < -0.39 is 0 Å². The van der Waals surface area contributed by atoms with Crippen LogP contribution in [0.4, 0.5) is 0 Å². The molecule has 6 nitrogen and oxygen atoms in total. The average Bonchev–Trinajstić information content (AvgIpc) is 2.92. The van der Waals surface area contributed by atoms with Crippen LogP contribution in [0.15, 0.2) is 0 Å². The van der Waals surface area contributed by atoms with E-state index in [9.17, 15) is 9.59 Å². The Labute approximate surface area is 215 Å². The summed E-state index contributed by atoms with van der Waals surface area (Å²) in [7, 11) is 0. The minimum atomic E-state index is 0.220. The lowest BCUT2D eigenvalue weighted by Gasteiger charge is -2.43. The van der Waals surface area contributed by atoms with Crippen molar-refractivity contribution in [3.8, 4) is 0 Å². The molecule has 6 heteroatoms. The van der Waals surface area contributed by atoms with Crippen LogP contribution in [-0.4, -0.2) is 96.4 Å². The Morgan fingerprint density at radius 1 is 0.629 bits per heavy atom. The van der Waals surface area contributed by atoms with Gasteiger partial charge in [-0.1, -0.05) is 65.2 Å². The summed E-state index contributed by atoms with van der Waals surface area (Å²) in [4.78, 5) is 34.9. The topological polar surface area (TPSA) is 47.1 Å². The number of amides is 2. The van der Waals surface area contributed by atoms with Gasteiger partial charge in [0.2, 0.25) is 11.8 Å². The molecule has 0 aromatic heterocycles. The van der Waals surface area contributed by atoms with E-state index in [0.29, 0.717) is 17.9 Å². The normalized spacial score (nSPS) is 21.5. The summed E-state index contributed by atoms with van der Waals surface area (Å²) in [6.45, 7) is 13.3. The van der Waals surface area contributed by atoms with Crippen molar-refractivity contribution in [3.05, 3.63) is 0 Å². The van der Waals surface area contributed by atoms with Crippen LogP contribution in [0.5, 0.6) is 0 Å². The minimum absolute atomic E-state index is 0.220. The van der Waals surface area contributed by atoms with E-state index in [4.69, 9.17) is 0 Å². The maximum atomic E-state index is 13.0. The number of hydrogen-bond donors (Lipinski definition) is 0. The molecule has 0 unspecified atom stereocenters. The Hall–Kier alpha value is -1.14. The summed E-state index contributed by atoms with van der Waals surface area (Å²) < 4.78 is 0. The maximum Gasteiger partial charge on any atom is 0.225 e. The molecule has 3 fully saturated rings. The Balaban J connectivity index is 1.24. The van der Waals surface area contributed by atoms with Crippen LogP contribution < -0.4 is 0 Å². The first-order chi connectivity index (χ1) is 17.1. The van der Waals surface area contributed by atoms with Gasteiger partial charge in [0, 0.05) is 57.6 Å². The summed E-state index contributed by atoms with van der Waals surface area (Å²) in [6.07, 6.45) is 16.7. The van der Waals surface area contributed by atoms with Gasteiger partial charge in [0.25, 0.3) is 0 Å². The van der Waals surface area contributed by atoms with Gasteiger partial charge in [0.05, 0.1) is 0 Å². The molecule has 3 aliphatic rings. The van der Waals surface area contributed by atoms with E-state index >= 15 is 0 Å². The van der Waals surface area contributed by atoms with Crippen molar-refractivity contribution >= 4 is 11.8 Å². The van der Waals surface area contributed by atoms with Crippen LogP contribution in [0.3, 0.4) is 0 Å². The zero-order valence-electron chi connectivity index (χ0n) is 23.0. The van der Waals surface area contributed by atoms with Crippen molar-refractivity contribution in [1.29, 1.82) is 0 Å². The SMILES string of the molecule is CCCCCCCCCCCC(=O)N1CCC(N2CCC(C(=O)N3CCN(CC)CC3)CC2)CC1. The smallest absolute Gasteiger partial charge is 0.225 e. The van der Waals surface area contributed by atoms with Gasteiger partial charge in [0.1, 0.15) is 0 Å². The van der Waals surface area contributed by atoms with Gasteiger partial charge in [-0.2, -0.15) is 0 Å². The van der Waals surface area contributed by atoms with Crippen molar-refractivity contribution in [3.63, 3.8) is 0 Å². The molecule has 3 rings (SSSR count). The van der Waals surface area contributed by atoms with Crippen LogP contribution >= 0.6 is 0 Å². The number of piperidine rings is 2. The van der Waals surface area contributed by atoms with Crippen molar-refractivity contribution in [2.24, 2.45) is 5.92 Å². The fraction of sp³-hybridized carbons (Fsp3) is 0.931. The van der Waals surface area contributed by atoms with Crippen LogP contribution in [0.1, 0.15) is 104 Å². The Morgan fingerprint density at radius 3 is 1.77 bits per heavy atom. The molecule has 0 aliphatic carbocycles. The highest BCUT2D eigenvalue weighted by atomic mass is 16.2. The zero-order chi connectivity index (χ0) is 24.9. The van der Waals surface area contributed by atoms with Gasteiger partial charge < -0.3 is 19.6 Å². The Kier molecular flexibility index (Phi) is 12.9. The average molecular weight is 491 g/mol. The molecule has 3 aliphatic heterocycles. The third kappa shape index (κ3) is 9.35. The number of carbonyl (C=O) groups excluding carboxylic acids is 2. The number of piperazine rings is 1. The Morgan fingerprint density at radius 2 is 1.20 bits per heavy atom.